The molecule has 1 aromatic rings. The molecule has 2 N–H and O–H groups in total. The molecule has 5 heteroatoms. The number of halogens is 1. The molecule has 0 spiro atoms. The summed E-state index contributed by atoms with van der Waals surface area (Å²) in [6.07, 6.45) is 0.0720. The Morgan fingerprint density at radius 2 is 2.21 bits per heavy atom. The van der Waals surface area contributed by atoms with Gasteiger partial charge in [0.25, 0.3) is 5.91 Å². The average Bonchev–Trinajstić information content (AvgIpc) is 2.64. The molecule has 0 bridgehead atoms. The van der Waals surface area contributed by atoms with Crippen molar-refractivity contribution in [2.24, 2.45) is 5.92 Å². The summed E-state index contributed by atoms with van der Waals surface area (Å²) >= 11 is 3.52. The quantitative estimate of drug-likeness (QED) is 0.894. The third kappa shape index (κ3) is 2.77. The monoisotopic (exact) mass is 326 g/mol. The van der Waals surface area contributed by atoms with Crippen molar-refractivity contribution in [1.82, 2.24) is 0 Å². The van der Waals surface area contributed by atoms with Gasteiger partial charge in [0.2, 0.25) is 0 Å². The number of nitrogens with one attached hydrogen (secondary N) is 1. The molecule has 0 aliphatic carbocycles. The van der Waals surface area contributed by atoms with E-state index < -0.39 is 6.10 Å². The zero-order valence-electron chi connectivity index (χ0n) is 11.4. The van der Waals surface area contributed by atoms with Crippen molar-refractivity contribution in [3.05, 3.63) is 22.2 Å². The molecule has 4 nitrogen and oxygen atoms in total. The second-order valence-corrected chi connectivity index (χ2v) is 6.03. The van der Waals surface area contributed by atoms with E-state index in [0.717, 1.165) is 23.1 Å². The van der Waals surface area contributed by atoms with Crippen LogP contribution in [0, 0.1) is 5.92 Å². The van der Waals surface area contributed by atoms with E-state index in [-0.39, 0.29) is 5.91 Å². The molecule has 2 rings (SSSR count). The molecule has 2 unspecified atom stereocenters. The summed E-state index contributed by atoms with van der Waals surface area (Å²) in [5.41, 5.74) is 2.36. The minimum Gasteiger partial charge on any atom is -0.378 e. The third-order valence-corrected chi connectivity index (χ3v) is 4.25. The standard InChI is InChI=1S/C14H19BrN2O2/c1-4-8(2)7-17(3)12-6-11-9(5-10(12)15)13(18)14(19)16-11/h5-6,8,13,18H,4,7H2,1-3H3,(H,16,19). The van der Waals surface area contributed by atoms with Gasteiger partial charge in [-0.05, 0) is 34.0 Å². The topological polar surface area (TPSA) is 52.6 Å². The molecule has 1 aliphatic heterocycles. The minimum atomic E-state index is -1.06. The highest BCUT2D eigenvalue weighted by molar-refractivity contribution is 9.10. The summed E-state index contributed by atoms with van der Waals surface area (Å²) in [5, 5.41) is 12.4. The smallest absolute Gasteiger partial charge is 0.257 e. The number of amides is 1. The SMILES string of the molecule is CCC(C)CN(C)c1cc2c(cc1Br)C(O)C(=O)N2. The number of hydrogen-bond acceptors (Lipinski definition) is 3. The fourth-order valence-electron chi connectivity index (χ4n) is 2.24. The first-order chi connectivity index (χ1) is 8.93. The number of hydrogen-bond donors (Lipinski definition) is 2. The zero-order valence-corrected chi connectivity index (χ0v) is 13.0. The molecule has 1 amide bonds. The lowest BCUT2D eigenvalue weighted by Gasteiger charge is -2.24. The van der Waals surface area contributed by atoms with E-state index in [4.69, 9.17) is 0 Å². The molecule has 1 aliphatic rings. The lowest BCUT2D eigenvalue weighted by molar-refractivity contribution is -0.123. The fraction of sp³-hybridized carbons (Fsp3) is 0.500. The van der Waals surface area contributed by atoms with Gasteiger partial charge in [-0.3, -0.25) is 4.79 Å². The van der Waals surface area contributed by atoms with E-state index in [9.17, 15) is 9.90 Å². The maximum Gasteiger partial charge on any atom is 0.257 e. The number of nitrogens with zero attached hydrogens (tertiary/aromatic N) is 1. The van der Waals surface area contributed by atoms with E-state index in [1.807, 2.05) is 19.2 Å². The predicted molar refractivity (Wildman–Crippen MR) is 80.5 cm³/mol. The van der Waals surface area contributed by atoms with E-state index in [1.54, 1.807) is 0 Å². The Kier molecular flexibility index (Phi) is 4.16. The zero-order chi connectivity index (χ0) is 14.2. The molecule has 19 heavy (non-hydrogen) atoms. The normalized spacial score (nSPS) is 19.0. The molecular weight excluding hydrogens is 308 g/mol. The summed E-state index contributed by atoms with van der Waals surface area (Å²) in [5.74, 6) is 0.244. The van der Waals surface area contributed by atoms with Crippen LogP contribution in [-0.4, -0.2) is 24.6 Å². The Labute approximate surface area is 121 Å². The highest BCUT2D eigenvalue weighted by Gasteiger charge is 2.29. The number of carbonyl (C=O) groups excluding carboxylic acids is 1. The average molecular weight is 327 g/mol. The van der Waals surface area contributed by atoms with Crippen LogP contribution in [0.15, 0.2) is 16.6 Å². The summed E-state index contributed by atoms with van der Waals surface area (Å²) in [4.78, 5) is 13.6. The van der Waals surface area contributed by atoms with Crippen LogP contribution in [0.25, 0.3) is 0 Å². The molecule has 0 saturated carbocycles. The largest absolute Gasteiger partial charge is 0.378 e. The van der Waals surface area contributed by atoms with Crippen molar-refractivity contribution in [2.75, 3.05) is 23.8 Å². The molecule has 0 aromatic heterocycles. The van der Waals surface area contributed by atoms with Crippen LogP contribution in [0.5, 0.6) is 0 Å². The number of carbonyl (C=O) groups is 1. The number of anilines is 2. The Hall–Kier alpha value is -1.07. The first-order valence-corrected chi connectivity index (χ1v) is 7.26. The van der Waals surface area contributed by atoms with Gasteiger partial charge in [0.1, 0.15) is 0 Å². The Bertz CT molecular complexity index is 504. The van der Waals surface area contributed by atoms with Gasteiger partial charge in [0.05, 0.1) is 5.69 Å². The van der Waals surface area contributed by atoms with Crippen molar-refractivity contribution in [1.29, 1.82) is 0 Å². The van der Waals surface area contributed by atoms with E-state index in [1.165, 1.54) is 0 Å². The van der Waals surface area contributed by atoms with Gasteiger partial charge < -0.3 is 15.3 Å². The predicted octanol–water partition coefficient (Wildman–Crippen LogP) is 2.92. The van der Waals surface area contributed by atoms with Gasteiger partial charge in [-0.25, -0.2) is 0 Å². The molecule has 0 fully saturated rings. The van der Waals surface area contributed by atoms with Crippen LogP contribution in [0.4, 0.5) is 11.4 Å². The van der Waals surface area contributed by atoms with Gasteiger partial charge in [-0.15, -0.1) is 0 Å². The molecule has 2 atom stereocenters. The van der Waals surface area contributed by atoms with Crippen LogP contribution in [0.2, 0.25) is 0 Å². The molecular formula is C14H19BrN2O2. The number of aliphatic hydroxyl groups excluding tert-OH is 1. The summed E-state index contributed by atoms with van der Waals surface area (Å²) < 4.78 is 0.896. The minimum absolute atomic E-state index is 0.358. The van der Waals surface area contributed by atoms with Crippen molar-refractivity contribution in [3.8, 4) is 0 Å². The highest BCUT2D eigenvalue weighted by Crippen LogP contribution is 2.38. The summed E-state index contributed by atoms with van der Waals surface area (Å²) in [7, 11) is 2.03. The molecule has 1 heterocycles. The maximum atomic E-state index is 11.5. The Balaban J connectivity index is 2.29. The maximum absolute atomic E-state index is 11.5. The second kappa shape index (κ2) is 5.51. The van der Waals surface area contributed by atoms with Crippen molar-refractivity contribution >= 4 is 33.2 Å². The lowest BCUT2D eigenvalue weighted by Crippen LogP contribution is -2.24. The highest BCUT2D eigenvalue weighted by atomic mass is 79.9. The van der Waals surface area contributed by atoms with Gasteiger partial charge >= 0.3 is 0 Å². The first-order valence-electron chi connectivity index (χ1n) is 6.47. The number of rotatable bonds is 4. The van der Waals surface area contributed by atoms with Gasteiger partial charge in [-0.1, -0.05) is 20.3 Å². The van der Waals surface area contributed by atoms with Crippen molar-refractivity contribution in [3.63, 3.8) is 0 Å². The Morgan fingerprint density at radius 1 is 1.53 bits per heavy atom. The number of fused-ring (bicyclic) bond motifs is 1. The van der Waals surface area contributed by atoms with E-state index in [2.05, 4.69) is 40.0 Å². The Morgan fingerprint density at radius 3 is 2.84 bits per heavy atom. The van der Waals surface area contributed by atoms with Crippen molar-refractivity contribution in [2.45, 2.75) is 26.4 Å². The van der Waals surface area contributed by atoms with Crippen LogP contribution < -0.4 is 10.2 Å². The van der Waals surface area contributed by atoms with E-state index in [0.29, 0.717) is 17.2 Å². The summed E-state index contributed by atoms with van der Waals surface area (Å²) in [6, 6.07) is 3.73. The van der Waals surface area contributed by atoms with Gasteiger partial charge in [-0.2, -0.15) is 0 Å². The fourth-order valence-corrected chi connectivity index (χ4v) is 2.91. The van der Waals surface area contributed by atoms with Gasteiger partial charge in [0, 0.05) is 29.3 Å². The molecule has 0 radical (unpaired) electrons. The van der Waals surface area contributed by atoms with Crippen LogP contribution in [0.3, 0.4) is 0 Å². The number of aliphatic hydroxyl groups is 1. The molecule has 0 saturated heterocycles. The van der Waals surface area contributed by atoms with Crippen LogP contribution in [0.1, 0.15) is 31.9 Å². The lowest BCUT2D eigenvalue weighted by atomic mass is 10.1. The molecule has 1 aromatic carbocycles. The molecule has 104 valence electrons. The van der Waals surface area contributed by atoms with Gasteiger partial charge in [0.15, 0.2) is 6.10 Å². The first kappa shape index (κ1) is 14.3. The second-order valence-electron chi connectivity index (χ2n) is 5.18. The number of benzene rings is 1. The summed E-state index contributed by atoms with van der Waals surface area (Å²) in [6.45, 7) is 5.33. The van der Waals surface area contributed by atoms with E-state index >= 15 is 0 Å². The van der Waals surface area contributed by atoms with Crippen molar-refractivity contribution < 1.29 is 9.90 Å². The van der Waals surface area contributed by atoms with Crippen LogP contribution >= 0.6 is 15.9 Å². The third-order valence-electron chi connectivity index (χ3n) is 3.61. The van der Waals surface area contributed by atoms with Crippen LogP contribution in [-0.2, 0) is 4.79 Å².